The molecule has 3 aromatic rings. The van der Waals surface area contributed by atoms with Crippen LogP contribution < -0.4 is 16.2 Å². The van der Waals surface area contributed by atoms with Crippen molar-refractivity contribution >= 4 is 45.7 Å². The number of carbonyl (C=O) groups is 2. The molecule has 0 fully saturated rings. The lowest BCUT2D eigenvalue weighted by Gasteiger charge is -2.16. The van der Waals surface area contributed by atoms with Crippen LogP contribution in [0.25, 0.3) is 10.9 Å². The van der Waals surface area contributed by atoms with E-state index in [1.807, 2.05) is 0 Å². The fraction of sp³-hybridized carbons (Fsp3) is 0.304. The summed E-state index contributed by atoms with van der Waals surface area (Å²) in [6, 6.07) is 9.78. The molecule has 160 valence electrons. The van der Waals surface area contributed by atoms with Gasteiger partial charge in [-0.3, -0.25) is 19.0 Å². The highest BCUT2D eigenvalue weighted by atomic mass is 35.5. The zero-order valence-electron chi connectivity index (χ0n) is 17.2. The molecule has 8 heteroatoms. The SMILES string of the molecule is CC(=O)Nc1ccc(NC(=O)c2ccc3c(=O)n4c(nc3c2)CCCCCC4)c(Cl)c1. The van der Waals surface area contributed by atoms with Gasteiger partial charge in [0.2, 0.25) is 5.91 Å². The highest BCUT2D eigenvalue weighted by molar-refractivity contribution is 6.34. The van der Waals surface area contributed by atoms with Gasteiger partial charge in [-0.05, 0) is 49.2 Å². The van der Waals surface area contributed by atoms with E-state index in [9.17, 15) is 14.4 Å². The third-order valence-electron chi connectivity index (χ3n) is 5.37. The van der Waals surface area contributed by atoms with E-state index in [1.165, 1.54) is 6.92 Å². The Balaban J connectivity index is 1.62. The second-order valence-corrected chi connectivity index (χ2v) is 8.12. The van der Waals surface area contributed by atoms with E-state index in [-0.39, 0.29) is 17.4 Å². The Morgan fingerprint density at radius 3 is 2.61 bits per heavy atom. The first kappa shape index (κ1) is 21.1. The molecule has 0 saturated heterocycles. The molecule has 2 N–H and O–H groups in total. The summed E-state index contributed by atoms with van der Waals surface area (Å²) < 4.78 is 1.78. The van der Waals surface area contributed by atoms with Gasteiger partial charge in [-0.1, -0.05) is 24.4 Å². The first-order valence-corrected chi connectivity index (χ1v) is 10.7. The van der Waals surface area contributed by atoms with Gasteiger partial charge in [0, 0.05) is 31.1 Å². The number of carbonyl (C=O) groups excluding carboxylic acids is 2. The number of benzene rings is 2. The zero-order valence-corrected chi connectivity index (χ0v) is 18.0. The van der Waals surface area contributed by atoms with Gasteiger partial charge in [-0.25, -0.2) is 4.98 Å². The van der Waals surface area contributed by atoms with Gasteiger partial charge in [0.15, 0.2) is 0 Å². The minimum Gasteiger partial charge on any atom is -0.326 e. The lowest BCUT2D eigenvalue weighted by atomic mass is 10.1. The summed E-state index contributed by atoms with van der Waals surface area (Å²) in [5.74, 6) is 0.219. The molecular formula is C23H23ClN4O3. The van der Waals surface area contributed by atoms with E-state index >= 15 is 0 Å². The number of amides is 2. The van der Waals surface area contributed by atoms with E-state index in [0.29, 0.717) is 39.4 Å². The molecule has 0 radical (unpaired) electrons. The number of nitrogens with zero attached hydrogens (tertiary/aromatic N) is 2. The fourth-order valence-corrected chi connectivity index (χ4v) is 4.06. The Kier molecular flexibility index (Phi) is 6.04. The monoisotopic (exact) mass is 438 g/mol. The van der Waals surface area contributed by atoms with Crippen molar-refractivity contribution in [3.63, 3.8) is 0 Å². The quantitative estimate of drug-likeness (QED) is 0.634. The van der Waals surface area contributed by atoms with Crippen LogP contribution in [0.3, 0.4) is 0 Å². The first-order valence-electron chi connectivity index (χ1n) is 10.3. The molecule has 4 rings (SSSR count). The summed E-state index contributed by atoms with van der Waals surface area (Å²) in [6.07, 6.45) is 5.00. The number of halogens is 1. The molecule has 0 spiro atoms. The van der Waals surface area contributed by atoms with Crippen molar-refractivity contribution in [2.45, 2.75) is 45.6 Å². The Morgan fingerprint density at radius 1 is 1.03 bits per heavy atom. The van der Waals surface area contributed by atoms with Gasteiger partial charge in [-0.2, -0.15) is 0 Å². The van der Waals surface area contributed by atoms with Gasteiger partial charge in [0.05, 0.1) is 21.6 Å². The molecule has 2 amide bonds. The van der Waals surface area contributed by atoms with Crippen LogP contribution >= 0.6 is 11.6 Å². The number of aryl methyl sites for hydroxylation is 1. The van der Waals surface area contributed by atoms with Crippen molar-refractivity contribution in [1.82, 2.24) is 9.55 Å². The average molecular weight is 439 g/mol. The van der Waals surface area contributed by atoms with Gasteiger partial charge < -0.3 is 10.6 Å². The number of rotatable bonds is 3. The molecule has 0 unspecified atom stereocenters. The summed E-state index contributed by atoms with van der Waals surface area (Å²) in [4.78, 5) is 41.6. The number of fused-ring (bicyclic) bond motifs is 2. The highest BCUT2D eigenvalue weighted by Gasteiger charge is 2.15. The largest absolute Gasteiger partial charge is 0.326 e. The molecule has 0 atom stereocenters. The number of hydrogen-bond acceptors (Lipinski definition) is 4. The third-order valence-corrected chi connectivity index (χ3v) is 5.68. The summed E-state index contributed by atoms with van der Waals surface area (Å²) in [5, 5.41) is 6.23. The normalized spacial score (nSPS) is 13.7. The Hall–Kier alpha value is -3.19. The van der Waals surface area contributed by atoms with Crippen molar-refractivity contribution in [2.75, 3.05) is 10.6 Å². The maximum absolute atomic E-state index is 12.9. The fourth-order valence-electron chi connectivity index (χ4n) is 3.83. The van der Waals surface area contributed by atoms with E-state index in [4.69, 9.17) is 16.6 Å². The number of hydrogen-bond donors (Lipinski definition) is 2. The lowest BCUT2D eigenvalue weighted by molar-refractivity contribution is -0.114. The van der Waals surface area contributed by atoms with Crippen LogP contribution in [0.4, 0.5) is 11.4 Å². The van der Waals surface area contributed by atoms with Crippen molar-refractivity contribution in [3.05, 3.63) is 63.2 Å². The molecule has 0 saturated carbocycles. The van der Waals surface area contributed by atoms with Gasteiger partial charge in [0.25, 0.3) is 11.5 Å². The van der Waals surface area contributed by atoms with Crippen LogP contribution in [0, 0.1) is 0 Å². The van der Waals surface area contributed by atoms with E-state index < -0.39 is 0 Å². The maximum atomic E-state index is 12.9. The second-order valence-electron chi connectivity index (χ2n) is 7.71. The van der Waals surface area contributed by atoms with Crippen LogP contribution in [0.5, 0.6) is 0 Å². The molecule has 1 aliphatic heterocycles. The number of nitrogens with one attached hydrogen (secondary N) is 2. The number of aromatic nitrogens is 2. The highest BCUT2D eigenvalue weighted by Crippen LogP contribution is 2.26. The Labute approximate surface area is 184 Å². The minimum atomic E-state index is -0.357. The first-order chi connectivity index (χ1) is 14.9. The molecule has 0 aliphatic carbocycles. The second kappa shape index (κ2) is 8.89. The van der Waals surface area contributed by atoms with Crippen LogP contribution in [0.2, 0.25) is 5.02 Å². The Morgan fingerprint density at radius 2 is 1.84 bits per heavy atom. The molecule has 1 aromatic heterocycles. The summed E-state index contributed by atoms with van der Waals surface area (Å²) in [6.45, 7) is 2.09. The molecular weight excluding hydrogens is 416 g/mol. The number of anilines is 2. The van der Waals surface area contributed by atoms with Crippen LogP contribution in [-0.2, 0) is 17.8 Å². The third kappa shape index (κ3) is 4.61. The van der Waals surface area contributed by atoms with E-state index in [1.54, 1.807) is 41.0 Å². The topological polar surface area (TPSA) is 93.1 Å². The van der Waals surface area contributed by atoms with Crippen LogP contribution in [0.1, 0.15) is 48.8 Å². The van der Waals surface area contributed by atoms with Crippen LogP contribution in [0.15, 0.2) is 41.2 Å². The zero-order chi connectivity index (χ0) is 22.0. The summed E-state index contributed by atoms with van der Waals surface area (Å²) in [7, 11) is 0. The molecule has 0 bridgehead atoms. The molecule has 1 aliphatic rings. The summed E-state index contributed by atoms with van der Waals surface area (Å²) >= 11 is 6.25. The van der Waals surface area contributed by atoms with Crippen molar-refractivity contribution in [1.29, 1.82) is 0 Å². The predicted octanol–water partition coefficient (Wildman–Crippen LogP) is 4.38. The smallest absolute Gasteiger partial charge is 0.261 e. The maximum Gasteiger partial charge on any atom is 0.261 e. The molecule has 2 heterocycles. The van der Waals surface area contributed by atoms with E-state index in [2.05, 4.69) is 10.6 Å². The minimum absolute atomic E-state index is 0.0505. The summed E-state index contributed by atoms with van der Waals surface area (Å²) in [5.41, 5.74) is 1.83. The van der Waals surface area contributed by atoms with Crippen molar-refractivity contribution in [2.24, 2.45) is 0 Å². The standard InChI is InChI=1S/C23H23ClN4O3/c1-14(29)25-16-8-10-19(18(24)13-16)27-22(30)15-7-9-17-20(12-15)26-21-6-4-2-3-5-11-28(21)23(17)31/h7-10,12-13H,2-6,11H2,1H3,(H,25,29)(H,27,30). The molecule has 7 nitrogen and oxygen atoms in total. The van der Waals surface area contributed by atoms with Gasteiger partial charge in [-0.15, -0.1) is 0 Å². The van der Waals surface area contributed by atoms with Crippen molar-refractivity contribution < 1.29 is 9.59 Å². The van der Waals surface area contributed by atoms with Crippen molar-refractivity contribution in [3.8, 4) is 0 Å². The predicted molar refractivity (Wildman–Crippen MR) is 122 cm³/mol. The molecule has 2 aromatic carbocycles. The van der Waals surface area contributed by atoms with E-state index in [0.717, 1.165) is 37.9 Å². The van der Waals surface area contributed by atoms with Crippen LogP contribution in [-0.4, -0.2) is 21.4 Å². The average Bonchev–Trinajstić information content (AvgIpc) is 2.70. The van der Waals surface area contributed by atoms with Gasteiger partial charge in [0.1, 0.15) is 5.82 Å². The Bertz CT molecular complexity index is 1240. The van der Waals surface area contributed by atoms with Gasteiger partial charge >= 0.3 is 0 Å². The molecule has 31 heavy (non-hydrogen) atoms. The lowest BCUT2D eigenvalue weighted by Crippen LogP contribution is -2.26.